The van der Waals surface area contributed by atoms with Gasteiger partial charge in [0, 0.05) is 26.7 Å². The first-order chi connectivity index (χ1) is 12.4. The Balaban J connectivity index is 2.20. The smallest absolute Gasteiger partial charge is 0.227 e. The van der Waals surface area contributed by atoms with Crippen LogP contribution in [0.1, 0.15) is 52.1 Å². The number of sulfone groups is 1. The average Bonchev–Trinajstić information content (AvgIpc) is 3.30. The maximum Gasteiger partial charge on any atom is 0.227 e. The van der Waals surface area contributed by atoms with Crippen molar-refractivity contribution in [3.8, 4) is 0 Å². The monoisotopic (exact) mass is 385 g/mol. The highest BCUT2D eigenvalue weighted by molar-refractivity contribution is 7.91. The Morgan fingerprint density at radius 3 is 2.69 bits per heavy atom. The lowest BCUT2D eigenvalue weighted by atomic mass is 10.2. The number of nitrogens with zero attached hydrogens (tertiary/aromatic N) is 3. The number of methoxy groups -OCH3 is 1. The Labute approximate surface area is 158 Å². The fourth-order valence-electron chi connectivity index (χ4n) is 3.12. The lowest BCUT2D eigenvalue weighted by Crippen LogP contribution is -2.28. The van der Waals surface area contributed by atoms with Crippen LogP contribution in [-0.2, 0) is 27.7 Å². The molecule has 1 fully saturated rings. The Bertz CT molecular complexity index is 651. The quantitative estimate of drug-likeness (QED) is 0.522. The summed E-state index contributed by atoms with van der Waals surface area (Å²) in [4.78, 5) is 6.75. The topological polar surface area (TPSA) is 64.4 Å². The second kappa shape index (κ2) is 9.85. The average molecular weight is 386 g/mol. The molecule has 0 N–H and O–H groups in total. The maximum absolute atomic E-state index is 12.8. The Kier molecular flexibility index (Phi) is 8.10. The van der Waals surface area contributed by atoms with E-state index < -0.39 is 9.84 Å². The number of ether oxygens (including phenoxy) is 1. The summed E-state index contributed by atoms with van der Waals surface area (Å²) in [7, 11) is -1.74. The van der Waals surface area contributed by atoms with Gasteiger partial charge in [-0.15, -0.1) is 0 Å². The van der Waals surface area contributed by atoms with Gasteiger partial charge in [0.2, 0.25) is 15.0 Å². The maximum atomic E-state index is 12.8. The zero-order valence-corrected chi connectivity index (χ0v) is 17.6. The summed E-state index contributed by atoms with van der Waals surface area (Å²) in [5.74, 6) is 1.31. The van der Waals surface area contributed by atoms with Gasteiger partial charge in [-0.05, 0) is 44.1 Å². The van der Waals surface area contributed by atoms with Crippen molar-refractivity contribution in [1.29, 1.82) is 0 Å². The Morgan fingerprint density at radius 2 is 2.12 bits per heavy atom. The first-order valence-corrected chi connectivity index (χ1v) is 11.5. The van der Waals surface area contributed by atoms with E-state index in [1.807, 2.05) is 18.4 Å². The van der Waals surface area contributed by atoms with E-state index in [9.17, 15) is 8.42 Å². The van der Waals surface area contributed by atoms with E-state index in [0.29, 0.717) is 25.5 Å². The van der Waals surface area contributed by atoms with Gasteiger partial charge in [0.25, 0.3) is 0 Å². The molecule has 0 aromatic carbocycles. The summed E-state index contributed by atoms with van der Waals surface area (Å²) < 4.78 is 32.7. The van der Waals surface area contributed by atoms with E-state index in [1.54, 1.807) is 13.3 Å². The molecule has 150 valence electrons. The number of aromatic nitrogens is 2. The molecule has 1 saturated carbocycles. The molecule has 0 atom stereocenters. The number of hydrogen-bond donors (Lipinski definition) is 0. The van der Waals surface area contributed by atoms with Crippen molar-refractivity contribution in [2.24, 2.45) is 11.8 Å². The van der Waals surface area contributed by atoms with Gasteiger partial charge < -0.3 is 9.30 Å². The molecule has 6 nitrogen and oxygen atoms in total. The molecule has 7 heteroatoms. The summed E-state index contributed by atoms with van der Waals surface area (Å²) >= 11 is 0. The van der Waals surface area contributed by atoms with Crippen LogP contribution >= 0.6 is 0 Å². The molecule has 2 rings (SSSR count). The van der Waals surface area contributed by atoms with E-state index >= 15 is 0 Å². The zero-order valence-electron chi connectivity index (χ0n) is 16.8. The van der Waals surface area contributed by atoms with Crippen molar-refractivity contribution in [3.63, 3.8) is 0 Å². The first kappa shape index (κ1) is 21.4. The summed E-state index contributed by atoms with van der Waals surface area (Å²) in [5, 5.41) is 0.202. The first-order valence-electron chi connectivity index (χ1n) is 9.85. The molecule has 1 aromatic rings. The van der Waals surface area contributed by atoms with E-state index in [0.717, 1.165) is 37.7 Å². The predicted molar refractivity (Wildman–Crippen MR) is 104 cm³/mol. The summed E-state index contributed by atoms with van der Waals surface area (Å²) in [6.45, 7) is 10.1. The van der Waals surface area contributed by atoms with Crippen molar-refractivity contribution in [2.45, 2.75) is 64.7 Å². The van der Waals surface area contributed by atoms with Crippen LogP contribution in [0, 0.1) is 11.8 Å². The molecule has 1 aliphatic carbocycles. The summed E-state index contributed by atoms with van der Waals surface area (Å²) in [6, 6.07) is 0. The van der Waals surface area contributed by atoms with Gasteiger partial charge in [-0.2, -0.15) is 0 Å². The van der Waals surface area contributed by atoms with Crippen LogP contribution in [0.15, 0.2) is 11.4 Å². The minimum atomic E-state index is -3.38. The predicted octanol–water partition coefficient (Wildman–Crippen LogP) is 2.97. The van der Waals surface area contributed by atoms with Gasteiger partial charge in [0.15, 0.2) is 0 Å². The molecule has 0 bridgehead atoms. The van der Waals surface area contributed by atoms with E-state index in [1.165, 1.54) is 12.8 Å². The highest BCUT2D eigenvalue weighted by Gasteiger charge is 2.27. The Hall–Kier alpha value is -0.920. The largest absolute Gasteiger partial charge is 0.383 e. The minimum absolute atomic E-state index is 0.148. The zero-order chi connectivity index (χ0) is 19.2. The second-order valence-corrected chi connectivity index (χ2v) is 9.86. The highest BCUT2D eigenvalue weighted by atomic mass is 32.2. The fourth-order valence-corrected chi connectivity index (χ4v) is 4.84. The lowest BCUT2D eigenvalue weighted by Gasteiger charge is -2.22. The van der Waals surface area contributed by atoms with E-state index in [-0.39, 0.29) is 10.9 Å². The fraction of sp³-hybridized carbons (Fsp3) is 0.842. The molecule has 1 aliphatic rings. The van der Waals surface area contributed by atoms with Gasteiger partial charge in [0.1, 0.15) is 0 Å². The molecule has 0 amide bonds. The van der Waals surface area contributed by atoms with Crippen LogP contribution < -0.4 is 0 Å². The third kappa shape index (κ3) is 6.35. The van der Waals surface area contributed by atoms with E-state index in [4.69, 9.17) is 4.74 Å². The molecular formula is C19H35N3O3S. The SMILES string of the molecule is CCCN(Cc1cnc(S(=O)(=O)CCC(C)C)n1CCOC)CC1CC1. The number of rotatable bonds is 13. The lowest BCUT2D eigenvalue weighted by molar-refractivity contribution is 0.180. The molecule has 1 aromatic heterocycles. The normalized spacial score (nSPS) is 15.3. The van der Waals surface area contributed by atoms with Crippen molar-refractivity contribution in [3.05, 3.63) is 11.9 Å². The van der Waals surface area contributed by atoms with Crippen LogP contribution in [0.2, 0.25) is 0 Å². The van der Waals surface area contributed by atoms with E-state index in [2.05, 4.69) is 16.8 Å². The van der Waals surface area contributed by atoms with Gasteiger partial charge in [-0.3, -0.25) is 4.90 Å². The molecule has 26 heavy (non-hydrogen) atoms. The third-order valence-electron chi connectivity index (χ3n) is 4.80. The number of imidazole rings is 1. The molecule has 0 aliphatic heterocycles. The third-order valence-corrected chi connectivity index (χ3v) is 6.46. The standard InChI is InChI=1S/C19H35N3O3S/c1-5-9-21(14-17-6-7-17)15-18-13-20-19(22(18)10-11-25-4)26(23,24)12-8-16(2)3/h13,16-17H,5-12,14-15H2,1-4H3. The molecule has 0 spiro atoms. The van der Waals surface area contributed by atoms with Gasteiger partial charge in [-0.1, -0.05) is 20.8 Å². The minimum Gasteiger partial charge on any atom is -0.383 e. The van der Waals surface area contributed by atoms with Crippen LogP contribution in [0.25, 0.3) is 0 Å². The Morgan fingerprint density at radius 1 is 1.38 bits per heavy atom. The number of hydrogen-bond acceptors (Lipinski definition) is 5. The van der Waals surface area contributed by atoms with Gasteiger partial charge in [-0.25, -0.2) is 13.4 Å². The van der Waals surface area contributed by atoms with Crippen LogP contribution in [0.4, 0.5) is 0 Å². The second-order valence-electron chi connectivity index (χ2n) is 7.86. The highest BCUT2D eigenvalue weighted by Crippen LogP contribution is 2.30. The molecule has 0 radical (unpaired) electrons. The van der Waals surface area contributed by atoms with Crippen LogP contribution in [0.5, 0.6) is 0 Å². The summed E-state index contributed by atoms with van der Waals surface area (Å²) in [5.41, 5.74) is 0.972. The van der Waals surface area contributed by atoms with Crippen LogP contribution in [-0.4, -0.2) is 55.4 Å². The summed E-state index contributed by atoms with van der Waals surface area (Å²) in [6.07, 6.45) is 6.13. The molecule has 0 unspecified atom stereocenters. The molecule has 0 saturated heterocycles. The molecule has 1 heterocycles. The van der Waals surface area contributed by atoms with Crippen molar-refractivity contribution in [2.75, 3.05) is 32.6 Å². The van der Waals surface area contributed by atoms with Gasteiger partial charge in [0.05, 0.1) is 24.3 Å². The van der Waals surface area contributed by atoms with Crippen molar-refractivity contribution < 1.29 is 13.2 Å². The van der Waals surface area contributed by atoms with Crippen molar-refractivity contribution >= 4 is 9.84 Å². The van der Waals surface area contributed by atoms with Crippen LogP contribution in [0.3, 0.4) is 0 Å². The van der Waals surface area contributed by atoms with Gasteiger partial charge >= 0.3 is 0 Å². The molecular weight excluding hydrogens is 350 g/mol. The van der Waals surface area contributed by atoms with Crippen molar-refractivity contribution in [1.82, 2.24) is 14.5 Å².